The van der Waals surface area contributed by atoms with Gasteiger partial charge >= 0.3 is 0 Å². The smallest absolute Gasteiger partial charge is 0.236 e. The zero-order valence-electron chi connectivity index (χ0n) is 19.0. The van der Waals surface area contributed by atoms with Crippen LogP contribution >= 0.6 is 0 Å². The van der Waals surface area contributed by atoms with Gasteiger partial charge in [0.25, 0.3) is 0 Å². The van der Waals surface area contributed by atoms with Crippen LogP contribution in [-0.4, -0.2) is 46.5 Å². The quantitative estimate of drug-likeness (QED) is 0.349. The van der Waals surface area contributed by atoms with Crippen molar-refractivity contribution in [2.24, 2.45) is 46.3 Å². The molecule has 4 amide bonds. The highest BCUT2D eigenvalue weighted by atomic mass is 16.2. The topological polar surface area (TPSA) is 74.8 Å². The number of rotatable bonds is 7. The molecule has 0 aromatic heterocycles. The molecule has 4 bridgehead atoms. The van der Waals surface area contributed by atoms with E-state index in [-0.39, 0.29) is 59.1 Å². The molecule has 0 unspecified atom stereocenters. The number of amides is 4. The van der Waals surface area contributed by atoms with Gasteiger partial charge in [-0.2, -0.15) is 0 Å². The van der Waals surface area contributed by atoms with E-state index < -0.39 is 10.8 Å². The first kappa shape index (κ1) is 20.4. The molecule has 0 N–H and O–H groups in total. The number of hydrogen-bond acceptors (Lipinski definition) is 4. The second-order valence-corrected chi connectivity index (χ2v) is 11.3. The fraction of sp³-hybridized carbons (Fsp3) is 0.692. The molecule has 6 heteroatoms. The molecule has 6 aliphatic rings. The number of likely N-dealkylation sites (tertiary alicyclic amines) is 2. The highest BCUT2D eigenvalue weighted by Gasteiger charge is 2.68. The lowest BCUT2D eigenvalue weighted by molar-refractivity contribution is -0.143. The van der Waals surface area contributed by atoms with Crippen molar-refractivity contribution in [2.45, 2.75) is 52.4 Å². The van der Waals surface area contributed by atoms with Crippen LogP contribution in [0.15, 0.2) is 24.3 Å². The van der Waals surface area contributed by atoms with E-state index in [0.717, 1.165) is 38.5 Å². The molecule has 32 heavy (non-hydrogen) atoms. The van der Waals surface area contributed by atoms with Gasteiger partial charge in [-0.1, -0.05) is 37.1 Å². The average molecular weight is 437 g/mol. The minimum atomic E-state index is -0.532. The Balaban J connectivity index is 0.985. The van der Waals surface area contributed by atoms with E-state index in [0.29, 0.717) is 13.1 Å². The first-order valence-electron chi connectivity index (χ1n) is 12.4. The second-order valence-electron chi connectivity index (χ2n) is 11.3. The highest BCUT2D eigenvalue weighted by Crippen LogP contribution is 2.61. The van der Waals surface area contributed by atoms with Gasteiger partial charge in [0.2, 0.25) is 23.6 Å². The third kappa shape index (κ3) is 2.31. The second kappa shape index (κ2) is 6.64. The molecule has 6 rings (SSSR count). The van der Waals surface area contributed by atoms with Gasteiger partial charge in [-0.3, -0.25) is 29.0 Å². The molecule has 170 valence electrons. The van der Waals surface area contributed by atoms with Crippen LogP contribution in [0.4, 0.5) is 0 Å². The molecule has 6 nitrogen and oxygen atoms in total. The van der Waals surface area contributed by atoms with E-state index >= 15 is 0 Å². The molecule has 0 aromatic carbocycles. The largest absolute Gasteiger partial charge is 0.282 e. The van der Waals surface area contributed by atoms with Crippen molar-refractivity contribution in [1.82, 2.24) is 9.80 Å². The number of allylic oxidation sites excluding steroid dienone is 4. The van der Waals surface area contributed by atoms with Gasteiger partial charge in [-0.15, -0.1) is 0 Å². The summed E-state index contributed by atoms with van der Waals surface area (Å²) in [5.74, 6) is 0.619. The first-order chi connectivity index (χ1) is 15.3. The third-order valence-corrected chi connectivity index (χ3v) is 9.91. The van der Waals surface area contributed by atoms with Crippen molar-refractivity contribution < 1.29 is 19.2 Å². The van der Waals surface area contributed by atoms with Gasteiger partial charge in [0.15, 0.2) is 0 Å². The molecular weight excluding hydrogens is 404 g/mol. The van der Waals surface area contributed by atoms with E-state index in [2.05, 4.69) is 24.3 Å². The number of unbranched alkanes of at least 4 members (excludes halogenated alkanes) is 3. The first-order valence-corrected chi connectivity index (χ1v) is 12.4. The average Bonchev–Trinajstić information content (AvgIpc) is 3.57. The Morgan fingerprint density at radius 3 is 1.47 bits per heavy atom. The third-order valence-electron chi connectivity index (χ3n) is 9.91. The number of carbonyl (C=O) groups excluding carboxylic acids is 4. The SMILES string of the molecule is C[C@@]12C(=O)N(CCCCCCN3C(=O)[C@@H]4[C@H]5C=C[C@@H](C5)[C@]4(C)C3=O)C(=O)[C@H]1[C@H]1C=C[C@@H]2C1. The summed E-state index contributed by atoms with van der Waals surface area (Å²) in [6.07, 6.45) is 13.7. The summed E-state index contributed by atoms with van der Waals surface area (Å²) >= 11 is 0. The minimum absolute atomic E-state index is 0.0145. The fourth-order valence-electron chi connectivity index (χ4n) is 8.09. The summed E-state index contributed by atoms with van der Waals surface area (Å²) in [6, 6.07) is 0. The zero-order chi connectivity index (χ0) is 22.4. The molecule has 8 atom stereocenters. The summed E-state index contributed by atoms with van der Waals surface area (Å²) in [7, 11) is 0. The normalized spacial score (nSPS) is 45.2. The van der Waals surface area contributed by atoms with Crippen LogP contribution in [0.3, 0.4) is 0 Å². The minimum Gasteiger partial charge on any atom is -0.282 e. The van der Waals surface area contributed by atoms with Crippen LogP contribution in [0.25, 0.3) is 0 Å². The van der Waals surface area contributed by atoms with E-state index in [9.17, 15) is 19.2 Å². The molecule has 2 saturated heterocycles. The van der Waals surface area contributed by atoms with Crippen molar-refractivity contribution in [2.75, 3.05) is 13.1 Å². The van der Waals surface area contributed by atoms with Crippen molar-refractivity contribution in [3.8, 4) is 0 Å². The summed E-state index contributed by atoms with van der Waals surface area (Å²) < 4.78 is 0. The number of imide groups is 2. The standard InChI is InChI=1S/C26H32N2O4/c1-25-17-9-7-15(13-17)19(25)21(29)27(23(25)31)11-5-3-4-6-12-28-22(30)20-16-8-10-18(14-16)26(20,2)24(28)32/h7-10,15-20H,3-6,11-14H2,1-2H3/t15-,16-,17-,18+,19-,20+,25-,26-/m0/s1. The highest BCUT2D eigenvalue weighted by molar-refractivity contribution is 6.09. The Morgan fingerprint density at radius 1 is 0.688 bits per heavy atom. The Hall–Kier alpha value is -2.24. The Bertz CT molecular complexity index is 906. The zero-order valence-corrected chi connectivity index (χ0v) is 19.0. The van der Waals surface area contributed by atoms with Gasteiger partial charge in [-0.25, -0.2) is 0 Å². The number of fused-ring (bicyclic) bond motifs is 10. The van der Waals surface area contributed by atoms with Gasteiger partial charge in [-0.05, 0) is 63.2 Å². The van der Waals surface area contributed by atoms with Crippen molar-refractivity contribution >= 4 is 23.6 Å². The van der Waals surface area contributed by atoms with E-state index in [4.69, 9.17) is 0 Å². The molecular formula is C26H32N2O4. The molecule has 0 spiro atoms. The van der Waals surface area contributed by atoms with Gasteiger partial charge in [0.1, 0.15) is 0 Å². The number of nitrogens with zero attached hydrogens (tertiary/aromatic N) is 2. The predicted octanol–water partition coefficient (Wildman–Crippen LogP) is 2.94. The number of hydrogen-bond donors (Lipinski definition) is 0. The molecule has 2 heterocycles. The monoisotopic (exact) mass is 436 g/mol. The van der Waals surface area contributed by atoms with Crippen molar-refractivity contribution in [3.05, 3.63) is 24.3 Å². The maximum atomic E-state index is 13.0. The maximum Gasteiger partial charge on any atom is 0.236 e. The summed E-state index contributed by atoms with van der Waals surface area (Å²) in [5, 5.41) is 0. The van der Waals surface area contributed by atoms with E-state index in [1.165, 1.54) is 9.80 Å². The Kier molecular flexibility index (Phi) is 4.23. The number of carbonyl (C=O) groups is 4. The Labute approximate surface area is 189 Å². The maximum absolute atomic E-state index is 13.0. The van der Waals surface area contributed by atoms with Crippen molar-refractivity contribution in [3.63, 3.8) is 0 Å². The lowest BCUT2D eigenvalue weighted by Crippen LogP contribution is -2.38. The van der Waals surface area contributed by atoms with E-state index in [1.807, 2.05) is 13.8 Å². The van der Waals surface area contributed by atoms with E-state index in [1.54, 1.807) is 0 Å². The van der Waals surface area contributed by atoms with Crippen LogP contribution in [0, 0.1) is 46.3 Å². The van der Waals surface area contributed by atoms with Crippen molar-refractivity contribution in [1.29, 1.82) is 0 Å². The molecule has 0 aromatic rings. The van der Waals surface area contributed by atoms with Crippen LogP contribution in [-0.2, 0) is 19.2 Å². The molecule has 4 aliphatic carbocycles. The van der Waals surface area contributed by atoms with Gasteiger partial charge < -0.3 is 0 Å². The van der Waals surface area contributed by atoms with Crippen LogP contribution in [0.5, 0.6) is 0 Å². The molecule has 0 radical (unpaired) electrons. The molecule has 4 fully saturated rings. The lowest BCUT2D eigenvalue weighted by Gasteiger charge is -2.28. The lowest BCUT2D eigenvalue weighted by atomic mass is 9.71. The van der Waals surface area contributed by atoms with Crippen LogP contribution in [0.1, 0.15) is 52.4 Å². The van der Waals surface area contributed by atoms with Crippen LogP contribution in [0.2, 0.25) is 0 Å². The van der Waals surface area contributed by atoms with Crippen LogP contribution < -0.4 is 0 Å². The van der Waals surface area contributed by atoms with Gasteiger partial charge in [0.05, 0.1) is 22.7 Å². The summed E-state index contributed by atoms with van der Waals surface area (Å²) in [6.45, 7) is 4.93. The van der Waals surface area contributed by atoms with Gasteiger partial charge in [0, 0.05) is 13.1 Å². The Morgan fingerprint density at radius 2 is 1.09 bits per heavy atom. The predicted molar refractivity (Wildman–Crippen MR) is 117 cm³/mol. The fourth-order valence-corrected chi connectivity index (χ4v) is 8.09. The molecule has 2 saturated carbocycles. The summed E-state index contributed by atoms with van der Waals surface area (Å²) in [4.78, 5) is 55.0. The summed E-state index contributed by atoms with van der Waals surface area (Å²) in [5.41, 5.74) is -1.06. The molecule has 2 aliphatic heterocycles.